The molecule has 0 aromatic heterocycles. The van der Waals surface area contributed by atoms with Gasteiger partial charge < -0.3 is 10.2 Å². The van der Waals surface area contributed by atoms with E-state index >= 15 is 0 Å². The van der Waals surface area contributed by atoms with Crippen LogP contribution >= 0.6 is 0 Å². The summed E-state index contributed by atoms with van der Waals surface area (Å²) in [5.41, 5.74) is 0. The zero-order valence-corrected chi connectivity index (χ0v) is 11.0. The van der Waals surface area contributed by atoms with Gasteiger partial charge in [-0.2, -0.15) is 13.2 Å². The Morgan fingerprint density at radius 3 is 2.32 bits per heavy atom. The smallest absolute Gasteiger partial charge is 0.340 e. The van der Waals surface area contributed by atoms with E-state index < -0.39 is 12.7 Å². The van der Waals surface area contributed by atoms with Crippen LogP contribution in [0.3, 0.4) is 0 Å². The van der Waals surface area contributed by atoms with Crippen LogP contribution in [-0.4, -0.2) is 67.7 Å². The minimum atomic E-state index is -4.16. The van der Waals surface area contributed by atoms with Crippen molar-refractivity contribution in [3.63, 3.8) is 0 Å². The standard InChI is InChI=1S/C12H20F3N3O/c1-9-6-16-7-10(9)11(19)18-4-2-17(3-5-18)8-12(13,14)15/h9-10,16H,2-8H2,1H3/t9-,10-/m1/s1. The Labute approximate surface area is 110 Å². The van der Waals surface area contributed by atoms with Crippen LogP contribution in [0.2, 0.25) is 0 Å². The Kier molecular flexibility index (Phi) is 4.35. The molecule has 1 N–H and O–H groups in total. The van der Waals surface area contributed by atoms with Crippen LogP contribution in [0.4, 0.5) is 13.2 Å². The molecule has 2 atom stereocenters. The van der Waals surface area contributed by atoms with E-state index in [9.17, 15) is 18.0 Å². The quantitative estimate of drug-likeness (QED) is 0.802. The highest BCUT2D eigenvalue weighted by Gasteiger charge is 2.36. The number of amides is 1. The third-order valence-corrected chi connectivity index (χ3v) is 3.92. The number of nitrogens with zero attached hydrogens (tertiary/aromatic N) is 2. The predicted octanol–water partition coefficient (Wildman–Crippen LogP) is 0.548. The van der Waals surface area contributed by atoms with E-state index in [0.717, 1.165) is 6.54 Å². The van der Waals surface area contributed by atoms with Crippen LogP contribution in [0, 0.1) is 11.8 Å². The molecule has 2 aliphatic heterocycles. The lowest BCUT2D eigenvalue weighted by molar-refractivity contribution is -0.152. The van der Waals surface area contributed by atoms with Crippen molar-refractivity contribution in [1.29, 1.82) is 0 Å². The SMILES string of the molecule is C[C@@H]1CNC[C@H]1C(=O)N1CCN(CC(F)(F)F)CC1. The molecule has 2 fully saturated rings. The number of hydrogen-bond donors (Lipinski definition) is 1. The van der Waals surface area contributed by atoms with Crippen LogP contribution in [0.1, 0.15) is 6.92 Å². The summed E-state index contributed by atoms with van der Waals surface area (Å²) in [7, 11) is 0. The Morgan fingerprint density at radius 1 is 1.21 bits per heavy atom. The van der Waals surface area contributed by atoms with Crippen molar-refractivity contribution in [2.75, 3.05) is 45.8 Å². The molecular weight excluding hydrogens is 259 g/mol. The Hall–Kier alpha value is -0.820. The van der Waals surface area contributed by atoms with Crippen LogP contribution in [0.15, 0.2) is 0 Å². The first-order chi connectivity index (χ1) is 8.87. The van der Waals surface area contributed by atoms with Crippen LogP contribution in [0.5, 0.6) is 0 Å². The van der Waals surface area contributed by atoms with E-state index in [1.165, 1.54) is 4.90 Å². The van der Waals surface area contributed by atoms with E-state index in [-0.39, 0.29) is 11.8 Å². The van der Waals surface area contributed by atoms with E-state index in [1.807, 2.05) is 6.92 Å². The summed E-state index contributed by atoms with van der Waals surface area (Å²) in [6.07, 6.45) is -4.16. The maximum absolute atomic E-state index is 12.3. The van der Waals surface area contributed by atoms with Gasteiger partial charge in [0.25, 0.3) is 0 Å². The second-order valence-corrected chi connectivity index (χ2v) is 5.46. The molecule has 19 heavy (non-hydrogen) atoms. The molecule has 2 heterocycles. The average Bonchev–Trinajstić information content (AvgIpc) is 2.73. The monoisotopic (exact) mass is 279 g/mol. The van der Waals surface area contributed by atoms with E-state index in [0.29, 0.717) is 38.6 Å². The van der Waals surface area contributed by atoms with Gasteiger partial charge in [0, 0.05) is 32.7 Å². The summed E-state index contributed by atoms with van der Waals surface area (Å²) in [5, 5.41) is 3.18. The largest absolute Gasteiger partial charge is 0.401 e. The first-order valence-electron chi connectivity index (χ1n) is 6.65. The van der Waals surface area contributed by atoms with Crippen molar-refractivity contribution in [1.82, 2.24) is 15.1 Å². The fourth-order valence-corrected chi connectivity index (χ4v) is 2.76. The Bertz CT molecular complexity index is 327. The number of hydrogen-bond acceptors (Lipinski definition) is 3. The van der Waals surface area contributed by atoms with Gasteiger partial charge in [-0.15, -0.1) is 0 Å². The lowest BCUT2D eigenvalue weighted by Gasteiger charge is -2.36. The molecule has 7 heteroatoms. The first-order valence-corrected chi connectivity index (χ1v) is 6.65. The molecule has 0 saturated carbocycles. The van der Waals surface area contributed by atoms with Crippen LogP contribution < -0.4 is 5.32 Å². The highest BCUT2D eigenvalue weighted by molar-refractivity contribution is 5.79. The van der Waals surface area contributed by atoms with Gasteiger partial charge >= 0.3 is 6.18 Å². The van der Waals surface area contributed by atoms with Gasteiger partial charge in [0.2, 0.25) is 5.91 Å². The van der Waals surface area contributed by atoms with Crippen LogP contribution in [0.25, 0.3) is 0 Å². The van der Waals surface area contributed by atoms with Crippen molar-refractivity contribution in [2.24, 2.45) is 11.8 Å². The van der Waals surface area contributed by atoms with Crippen LogP contribution in [-0.2, 0) is 4.79 Å². The molecule has 0 spiro atoms. The summed E-state index contributed by atoms with van der Waals surface area (Å²) >= 11 is 0. The lowest BCUT2D eigenvalue weighted by Crippen LogP contribution is -2.52. The molecule has 2 rings (SSSR count). The molecule has 0 bridgehead atoms. The molecule has 0 radical (unpaired) electrons. The zero-order chi connectivity index (χ0) is 14.0. The topological polar surface area (TPSA) is 35.6 Å². The van der Waals surface area contributed by atoms with Crippen molar-refractivity contribution < 1.29 is 18.0 Å². The molecule has 2 saturated heterocycles. The average molecular weight is 279 g/mol. The number of piperazine rings is 1. The Balaban J connectivity index is 1.81. The molecule has 4 nitrogen and oxygen atoms in total. The highest BCUT2D eigenvalue weighted by Crippen LogP contribution is 2.21. The molecule has 110 valence electrons. The van der Waals surface area contributed by atoms with Gasteiger partial charge in [-0.3, -0.25) is 9.69 Å². The second kappa shape index (κ2) is 5.66. The Morgan fingerprint density at radius 2 is 1.84 bits per heavy atom. The molecule has 2 aliphatic rings. The maximum atomic E-state index is 12.3. The zero-order valence-electron chi connectivity index (χ0n) is 11.0. The second-order valence-electron chi connectivity index (χ2n) is 5.46. The molecular formula is C12H20F3N3O. The van der Waals surface area contributed by atoms with Crippen molar-refractivity contribution in [2.45, 2.75) is 13.1 Å². The third kappa shape index (κ3) is 3.82. The lowest BCUT2D eigenvalue weighted by atomic mass is 9.96. The van der Waals surface area contributed by atoms with E-state index in [2.05, 4.69) is 5.32 Å². The normalized spacial score (nSPS) is 29.8. The van der Waals surface area contributed by atoms with Gasteiger partial charge in [-0.25, -0.2) is 0 Å². The minimum Gasteiger partial charge on any atom is -0.340 e. The molecule has 0 aromatic rings. The first kappa shape index (κ1) is 14.6. The molecule has 0 aliphatic carbocycles. The van der Waals surface area contributed by atoms with E-state index in [4.69, 9.17) is 0 Å². The minimum absolute atomic E-state index is 0.0193. The molecule has 0 aromatic carbocycles. The van der Waals surface area contributed by atoms with Gasteiger partial charge in [-0.1, -0.05) is 6.92 Å². The third-order valence-electron chi connectivity index (χ3n) is 3.92. The van der Waals surface area contributed by atoms with Crippen molar-refractivity contribution >= 4 is 5.91 Å². The number of rotatable bonds is 2. The van der Waals surface area contributed by atoms with E-state index in [1.54, 1.807) is 4.90 Å². The fraction of sp³-hybridized carbons (Fsp3) is 0.917. The summed E-state index contributed by atoms with van der Waals surface area (Å²) in [4.78, 5) is 15.3. The summed E-state index contributed by atoms with van der Waals surface area (Å²) < 4.78 is 36.8. The number of halogens is 3. The fourth-order valence-electron chi connectivity index (χ4n) is 2.76. The van der Waals surface area contributed by atoms with Gasteiger partial charge in [0.15, 0.2) is 0 Å². The maximum Gasteiger partial charge on any atom is 0.401 e. The van der Waals surface area contributed by atoms with Gasteiger partial charge in [0.1, 0.15) is 0 Å². The summed E-state index contributed by atoms with van der Waals surface area (Å²) in [5.74, 6) is 0.374. The summed E-state index contributed by atoms with van der Waals surface area (Å²) in [6, 6.07) is 0. The highest BCUT2D eigenvalue weighted by atomic mass is 19.4. The number of carbonyl (C=O) groups excluding carboxylic acids is 1. The number of alkyl halides is 3. The predicted molar refractivity (Wildman–Crippen MR) is 64.6 cm³/mol. The number of nitrogens with one attached hydrogen (secondary N) is 1. The summed E-state index contributed by atoms with van der Waals surface area (Å²) in [6.45, 7) is 4.09. The molecule has 1 amide bonds. The van der Waals surface area contributed by atoms with Gasteiger partial charge in [0.05, 0.1) is 12.5 Å². The number of carbonyl (C=O) groups is 1. The van der Waals surface area contributed by atoms with Gasteiger partial charge in [-0.05, 0) is 12.5 Å². The van der Waals surface area contributed by atoms with Crippen molar-refractivity contribution in [3.05, 3.63) is 0 Å². The van der Waals surface area contributed by atoms with Crippen molar-refractivity contribution in [3.8, 4) is 0 Å². The molecule has 0 unspecified atom stereocenters.